The van der Waals surface area contributed by atoms with E-state index in [1.54, 1.807) is 19.3 Å². The second-order valence-corrected chi connectivity index (χ2v) is 7.87. The smallest absolute Gasteiger partial charge is 0.410 e. The van der Waals surface area contributed by atoms with Gasteiger partial charge in [0.15, 0.2) is 0 Å². The first-order valence-corrected chi connectivity index (χ1v) is 9.41. The monoisotopic (exact) mass is 391 g/mol. The Balaban J connectivity index is 1.73. The largest absolute Gasteiger partial charge is 0.444 e. The first kappa shape index (κ1) is 20.3. The summed E-state index contributed by atoms with van der Waals surface area (Å²) in [4.78, 5) is 30.8. The van der Waals surface area contributed by atoms with Gasteiger partial charge in [-0.25, -0.2) is 4.79 Å². The molecular formula is C23H25N3O3. The maximum Gasteiger partial charge on any atom is 0.410 e. The molecule has 6 nitrogen and oxygen atoms in total. The van der Waals surface area contributed by atoms with Crippen molar-refractivity contribution in [1.29, 1.82) is 0 Å². The first-order valence-electron chi connectivity index (χ1n) is 9.41. The van der Waals surface area contributed by atoms with Crippen molar-refractivity contribution >= 4 is 28.6 Å². The summed E-state index contributed by atoms with van der Waals surface area (Å²) in [6, 6.07) is 16.6. The Labute approximate surface area is 170 Å². The fraction of sp³-hybridized carbons (Fsp3) is 0.261. The van der Waals surface area contributed by atoms with Gasteiger partial charge in [0.1, 0.15) is 5.60 Å². The number of hydrogen-bond donors (Lipinski definition) is 1. The summed E-state index contributed by atoms with van der Waals surface area (Å²) in [5.74, 6) is -0.207. The number of pyridine rings is 1. The van der Waals surface area contributed by atoms with E-state index < -0.39 is 11.7 Å². The molecule has 0 spiro atoms. The third kappa shape index (κ3) is 5.31. The van der Waals surface area contributed by atoms with Crippen molar-refractivity contribution in [2.45, 2.75) is 32.9 Å². The van der Waals surface area contributed by atoms with E-state index in [1.807, 2.05) is 69.3 Å². The van der Waals surface area contributed by atoms with Crippen molar-refractivity contribution in [1.82, 2.24) is 9.88 Å². The maximum atomic E-state index is 12.8. The summed E-state index contributed by atoms with van der Waals surface area (Å²) in [7, 11) is 1.68. The molecule has 1 aromatic heterocycles. The maximum absolute atomic E-state index is 12.8. The lowest BCUT2D eigenvalue weighted by Gasteiger charge is -2.24. The van der Waals surface area contributed by atoms with Crippen molar-refractivity contribution in [2.24, 2.45) is 0 Å². The molecule has 0 unspecified atom stereocenters. The van der Waals surface area contributed by atoms with Gasteiger partial charge >= 0.3 is 6.09 Å². The first-order chi connectivity index (χ1) is 13.7. The minimum atomic E-state index is -0.547. The summed E-state index contributed by atoms with van der Waals surface area (Å²) in [5, 5.41) is 3.73. The molecule has 1 N–H and O–H groups in total. The Morgan fingerprint density at radius 1 is 1.07 bits per heavy atom. The van der Waals surface area contributed by atoms with Gasteiger partial charge in [0.05, 0.1) is 11.1 Å². The van der Waals surface area contributed by atoms with Crippen LogP contribution < -0.4 is 5.32 Å². The molecule has 2 aromatic carbocycles. The topological polar surface area (TPSA) is 71.5 Å². The Morgan fingerprint density at radius 3 is 2.59 bits per heavy atom. The molecule has 0 radical (unpaired) electrons. The zero-order valence-corrected chi connectivity index (χ0v) is 17.1. The molecule has 0 aliphatic heterocycles. The molecule has 1 heterocycles. The van der Waals surface area contributed by atoms with Crippen LogP contribution in [0.25, 0.3) is 10.9 Å². The minimum absolute atomic E-state index is 0.207. The number of aromatic nitrogens is 1. The van der Waals surface area contributed by atoms with Gasteiger partial charge in [0.25, 0.3) is 5.91 Å². The van der Waals surface area contributed by atoms with Crippen LogP contribution in [0.4, 0.5) is 10.5 Å². The predicted molar refractivity (Wildman–Crippen MR) is 114 cm³/mol. The second kappa shape index (κ2) is 8.31. The predicted octanol–water partition coefficient (Wildman–Crippen LogP) is 4.85. The molecule has 0 saturated heterocycles. The highest BCUT2D eigenvalue weighted by atomic mass is 16.6. The van der Waals surface area contributed by atoms with E-state index in [0.29, 0.717) is 17.8 Å². The average molecular weight is 391 g/mol. The highest BCUT2D eigenvalue weighted by Gasteiger charge is 2.19. The number of nitrogens with zero attached hydrogens (tertiary/aromatic N) is 2. The van der Waals surface area contributed by atoms with Crippen LogP contribution in [0.3, 0.4) is 0 Å². The third-order valence-corrected chi connectivity index (χ3v) is 4.20. The number of anilines is 1. The summed E-state index contributed by atoms with van der Waals surface area (Å²) in [6.07, 6.45) is 1.24. The summed E-state index contributed by atoms with van der Waals surface area (Å²) < 4.78 is 5.38. The van der Waals surface area contributed by atoms with Gasteiger partial charge in [-0.15, -0.1) is 0 Å². The molecule has 0 saturated carbocycles. The van der Waals surface area contributed by atoms with E-state index in [-0.39, 0.29) is 5.91 Å². The Bertz CT molecular complexity index is 1040. The normalized spacial score (nSPS) is 11.2. The van der Waals surface area contributed by atoms with E-state index in [9.17, 15) is 9.59 Å². The fourth-order valence-electron chi connectivity index (χ4n) is 2.92. The summed E-state index contributed by atoms with van der Waals surface area (Å²) in [6.45, 7) is 5.86. The highest BCUT2D eigenvalue weighted by molar-refractivity contribution is 6.12. The number of ether oxygens (including phenoxy) is 1. The number of hydrogen-bond acceptors (Lipinski definition) is 4. The van der Waals surface area contributed by atoms with Crippen LogP contribution in [0, 0.1) is 0 Å². The van der Waals surface area contributed by atoms with E-state index in [1.165, 1.54) is 4.90 Å². The average Bonchev–Trinajstić information content (AvgIpc) is 2.66. The number of fused-ring (bicyclic) bond motifs is 1. The van der Waals surface area contributed by atoms with Crippen LogP contribution in [-0.2, 0) is 11.3 Å². The molecule has 3 aromatic rings. The van der Waals surface area contributed by atoms with Crippen molar-refractivity contribution in [2.75, 3.05) is 12.4 Å². The number of amides is 2. The van der Waals surface area contributed by atoms with Crippen molar-refractivity contribution in [3.05, 3.63) is 71.9 Å². The molecule has 0 aliphatic rings. The van der Waals surface area contributed by atoms with E-state index in [4.69, 9.17) is 4.74 Å². The molecule has 0 aliphatic carbocycles. The third-order valence-electron chi connectivity index (χ3n) is 4.20. The molecule has 2 amide bonds. The van der Waals surface area contributed by atoms with Gasteiger partial charge in [-0.05, 0) is 50.6 Å². The van der Waals surface area contributed by atoms with Crippen LogP contribution in [0.15, 0.2) is 60.8 Å². The van der Waals surface area contributed by atoms with Crippen LogP contribution in [-0.4, -0.2) is 34.5 Å². The van der Waals surface area contributed by atoms with E-state index in [2.05, 4.69) is 10.3 Å². The van der Waals surface area contributed by atoms with Crippen LogP contribution in [0.1, 0.15) is 36.7 Å². The number of carbonyl (C=O) groups is 2. The van der Waals surface area contributed by atoms with Gasteiger partial charge in [-0.2, -0.15) is 0 Å². The molecule has 0 atom stereocenters. The Hall–Kier alpha value is -3.41. The lowest BCUT2D eigenvalue weighted by atomic mass is 10.1. The van der Waals surface area contributed by atoms with E-state index >= 15 is 0 Å². The number of para-hydroxylation sites is 1. The molecule has 6 heteroatoms. The molecule has 0 bridgehead atoms. The van der Waals surface area contributed by atoms with Crippen molar-refractivity contribution in [3.63, 3.8) is 0 Å². The number of benzene rings is 2. The lowest BCUT2D eigenvalue weighted by Crippen LogP contribution is -2.33. The lowest BCUT2D eigenvalue weighted by molar-refractivity contribution is 0.0285. The van der Waals surface area contributed by atoms with Gasteiger partial charge in [0, 0.05) is 30.9 Å². The van der Waals surface area contributed by atoms with Crippen molar-refractivity contribution < 1.29 is 14.3 Å². The quantitative estimate of drug-likeness (QED) is 0.690. The van der Waals surface area contributed by atoms with E-state index in [0.717, 1.165) is 16.5 Å². The molecule has 3 rings (SSSR count). The van der Waals surface area contributed by atoms with Gasteiger partial charge in [-0.3, -0.25) is 9.78 Å². The minimum Gasteiger partial charge on any atom is -0.444 e. The van der Waals surface area contributed by atoms with Crippen LogP contribution in [0.2, 0.25) is 0 Å². The highest BCUT2D eigenvalue weighted by Crippen LogP contribution is 2.19. The second-order valence-electron chi connectivity index (χ2n) is 7.87. The number of rotatable bonds is 4. The van der Waals surface area contributed by atoms with Crippen LogP contribution in [0.5, 0.6) is 0 Å². The zero-order valence-electron chi connectivity index (χ0n) is 17.1. The fourth-order valence-corrected chi connectivity index (χ4v) is 2.92. The van der Waals surface area contributed by atoms with Gasteiger partial charge < -0.3 is 15.0 Å². The zero-order chi connectivity index (χ0) is 21.0. The summed E-state index contributed by atoms with van der Waals surface area (Å²) >= 11 is 0. The summed E-state index contributed by atoms with van der Waals surface area (Å²) in [5.41, 5.74) is 2.33. The number of carbonyl (C=O) groups excluding carboxylic acids is 2. The van der Waals surface area contributed by atoms with Crippen LogP contribution >= 0.6 is 0 Å². The molecule has 0 fully saturated rings. The SMILES string of the molecule is CN(Cc1cccc(NC(=O)c2ccnc3ccccc23)c1)C(=O)OC(C)(C)C. The number of nitrogens with one attached hydrogen (secondary N) is 1. The van der Waals surface area contributed by atoms with Gasteiger partial charge in [-0.1, -0.05) is 30.3 Å². The van der Waals surface area contributed by atoms with Crippen molar-refractivity contribution in [3.8, 4) is 0 Å². The Kier molecular flexibility index (Phi) is 5.82. The molecule has 29 heavy (non-hydrogen) atoms. The standard InChI is InChI=1S/C23H25N3O3/c1-23(2,3)29-22(28)26(4)15-16-8-7-9-17(14-16)25-21(27)19-12-13-24-20-11-6-5-10-18(19)20/h5-14H,15H2,1-4H3,(H,25,27). The molecular weight excluding hydrogens is 366 g/mol. The Morgan fingerprint density at radius 2 is 1.83 bits per heavy atom. The van der Waals surface area contributed by atoms with Gasteiger partial charge in [0.2, 0.25) is 0 Å². The molecule has 150 valence electrons.